The first-order valence-corrected chi connectivity index (χ1v) is 9.40. The number of halogens is 1. The van der Waals surface area contributed by atoms with Gasteiger partial charge in [0.15, 0.2) is 11.3 Å². The molecule has 0 saturated heterocycles. The molecule has 0 saturated carbocycles. The van der Waals surface area contributed by atoms with Gasteiger partial charge in [-0.3, -0.25) is 9.59 Å². The summed E-state index contributed by atoms with van der Waals surface area (Å²) in [6, 6.07) is 7.51. The van der Waals surface area contributed by atoms with Gasteiger partial charge in [0.1, 0.15) is 5.02 Å². The van der Waals surface area contributed by atoms with E-state index in [4.69, 9.17) is 11.6 Å². The molecule has 28 heavy (non-hydrogen) atoms. The zero-order valence-electron chi connectivity index (χ0n) is 16.1. The van der Waals surface area contributed by atoms with E-state index in [-0.39, 0.29) is 22.7 Å². The number of hydrogen-bond acceptors (Lipinski definition) is 4. The van der Waals surface area contributed by atoms with Gasteiger partial charge >= 0.3 is 0 Å². The van der Waals surface area contributed by atoms with E-state index in [1.54, 1.807) is 22.4 Å². The van der Waals surface area contributed by atoms with E-state index in [2.05, 4.69) is 15.4 Å². The Kier molecular flexibility index (Phi) is 4.34. The van der Waals surface area contributed by atoms with Crippen molar-refractivity contribution in [2.45, 2.75) is 40.2 Å². The molecule has 4 rings (SSSR count). The van der Waals surface area contributed by atoms with Gasteiger partial charge in [-0.15, -0.1) is 0 Å². The summed E-state index contributed by atoms with van der Waals surface area (Å²) in [6.45, 7) is 7.32. The lowest BCUT2D eigenvalue weighted by molar-refractivity contribution is -0.116. The van der Waals surface area contributed by atoms with Crippen molar-refractivity contribution in [2.24, 2.45) is 0 Å². The normalized spacial score (nSPS) is 15.8. The van der Waals surface area contributed by atoms with E-state index < -0.39 is 5.91 Å². The Balaban J connectivity index is 1.64. The molecule has 3 heterocycles. The fraction of sp³-hybridized carbons (Fsp3) is 0.300. The van der Waals surface area contributed by atoms with Crippen LogP contribution in [0.15, 0.2) is 24.3 Å². The molecule has 7 nitrogen and oxygen atoms in total. The molecule has 1 atom stereocenters. The maximum Gasteiger partial charge on any atom is 0.277 e. The van der Waals surface area contributed by atoms with Crippen molar-refractivity contribution < 1.29 is 9.59 Å². The lowest BCUT2D eigenvalue weighted by atomic mass is 10.1. The van der Waals surface area contributed by atoms with E-state index in [0.29, 0.717) is 11.3 Å². The Morgan fingerprint density at radius 2 is 2.00 bits per heavy atom. The van der Waals surface area contributed by atoms with Gasteiger partial charge < -0.3 is 10.2 Å². The lowest BCUT2D eigenvalue weighted by Crippen LogP contribution is -2.33. The molecule has 1 N–H and O–H groups in total. The van der Waals surface area contributed by atoms with Crippen molar-refractivity contribution in [1.29, 1.82) is 0 Å². The minimum Gasteiger partial charge on any atom is -0.321 e. The van der Waals surface area contributed by atoms with E-state index in [9.17, 15) is 9.59 Å². The van der Waals surface area contributed by atoms with Crippen LogP contribution < -0.4 is 10.2 Å². The van der Waals surface area contributed by atoms with Crippen LogP contribution in [-0.4, -0.2) is 32.5 Å². The lowest BCUT2D eigenvalue weighted by Gasteiger charge is -2.20. The van der Waals surface area contributed by atoms with Gasteiger partial charge in [-0.05, 0) is 57.0 Å². The van der Waals surface area contributed by atoms with Crippen molar-refractivity contribution in [2.75, 3.05) is 10.2 Å². The first-order valence-electron chi connectivity index (χ1n) is 9.03. The molecule has 144 valence electrons. The van der Waals surface area contributed by atoms with Crippen LogP contribution in [0.1, 0.15) is 41.3 Å². The summed E-state index contributed by atoms with van der Waals surface area (Å²) in [7, 11) is 0. The highest BCUT2D eigenvalue weighted by Gasteiger charge is 2.29. The first kappa shape index (κ1) is 18.4. The molecule has 1 aliphatic rings. The molecule has 0 spiro atoms. The van der Waals surface area contributed by atoms with Crippen LogP contribution in [0.4, 0.5) is 11.4 Å². The molecule has 1 aromatic carbocycles. The predicted molar refractivity (Wildman–Crippen MR) is 108 cm³/mol. The number of aromatic nitrogens is 3. The van der Waals surface area contributed by atoms with Crippen LogP contribution in [0.5, 0.6) is 0 Å². The topological polar surface area (TPSA) is 79.6 Å². The summed E-state index contributed by atoms with van der Waals surface area (Å²) in [5.74, 6) is -0.389. The minimum atomic E-state index is -0.401. The molecule has 1 aliphatic heterocycles. The average molecular weight is 398 g/mol. The van der Waals surface area contributed by atoms with Crippen LogP contribution in [0, 0.1) is 13.8 Å². The van der Waals surface area contributed by atoms with Gasteiger partial charge in [0.25, 0.3) is 5.91 Å². The Morgan fingerprint density at radius 1 is 1.25 bits per heavy atom. The number of hydrogen-bond donors (Lipinski definition) is 1. The molecule has 0 bridgehead atoms. The van der Waals surface area contributed by atoms with E-state index in [1.165, 1.54) is 0 Å². The highest BCUT2D eigenvalue weighted by Crippen LogP contribution is 2.34. The van der Waals surface area contributed by atoms with E-state index in [1.807, 2.05) is 39.0 Å². The average Bonchev–Trinajstić information content (AvgIpc) is 3.11. The van der Waals surface area contributed by atoms with Gasteiger partial charge in [-0.2, -0.15) is 5.10 Å². The van der Waals surface area contributed by atoms with Gasteiger partial charge in [0.05, 0.1) is 0 Å². The number of anilines is 2. The third-order valence-corrected chi connectivity index (χ3v) is 5.29. The largest absolute Gasteiger partial charge is 0.321 e. The molecular formula is C20H20ClN5O2. The zero-order chi connectivity index (χ0) is 20.2. The number of rotatable bonds is 2. The second-order valence-electron chi connectivity index (χ2n) is 7.18. The number of amides is 2. The molecule has 2 amide bonds. The van der Waals surface area contributed by atoms with Gasteiger partial charge in [0.2, 0.25) is 5.91 Å². The zero-order valence-corrected chi connectivity index (χ0v) is 16.8. The maximum atomic E-state index is 12.8. The summed E-state index contributed by atoms with van der Waals surface area (Å²) in [5.41, 5.74) is 4.79. The maximum absolute atomic E-state index is 12.8. The van der Waals surface area contributed by atoms with Crippen LogP contribution in [0.25, 0.3) is 5.65 Å². The Morgan fingerprint density at radius 3 is 2.71 bits per heavy atom. The fourth-order valence-electron chi connectivity index (χ4n) is 3.82. The van der Waals surface area contributed by atoms with Crippen LogP contribution in [0.3, 0.4) is 0 Å². The van der Waals surface area contributed by atoms with Gasteiger partial charge in [-0.1, -0.05) is 11.6 Å². The van der Waals surface area contributed by atoms with E-state index in [0.717, 1.165) is 29.1 Å². The van der Waals surface area contributed by atoms with Crippen LogP contribution >= 0.6 is 11.6 Å². The number of fused-ring (bicyclic) bond motifs is 2. The Bertz CT molecular complexity index is 1140. The highest BCUT2D eigenvalue weighted by atomic mass is 35.5. The highest BCUT2D eigenvalue weighted by molar-refractivity contribution is 6.37. The summed E-state index contributed by atoms with van der Waals surface area (Å²) in [5, 5.41) is 7.40. The number of carbonyl (C=O) groups excluding carboxylic acids is 2. The second-order valence-corrected chi connectivity index (χ2v) is 7.55. The SMILES string of the molecule is CC(=O)N1c2ccc(NC(=O)c3nn4c(C)cc(C)nc4c3Cl)cc2C[C@H]1C. The van der Waals surface area contributed by atoms with Gasteiger partial charge in [-0.25, -0.2) is 9.50 Å². The predicted octanol–water partition coefficient (Wildman–Crippen LogP) is 3.55. The molecular weight excluding hydrogens is 378 g/mol. The molecule has 0 aliphatic carbocycles. The van der Waals surface area contributed by atoms with Crippen molar-refractivity contribution in [3.8, 4) is 0 Å². The third kappa shape index (κ3) is 2.92. The fourth-order valence-corrected chi connectivity index (χ4v) is 4.07. The Labute approximate surface area is 167 Å². The quantitative estimate of drug-likeness (QED) is 0.717. The van der Waals surface area contributed by atoms with Crippen molar-refractivity contribution in [1.82, 2.24) is 14.6 Å². The molecule has 0 fully saturated rings. The monoisotopic (exact) mass is 397 g/mol. The number of aryl methyl sites for hydroxylation is 2. The summed E-state index contributed by atoms with van der Waals surface area (Å²) in [4.78, 5) is 30.8. The van der Waals surface area contributed by atoms with E-state index >= 15 is 0 Å². The smallest absolute Gasteiger partial charge is 0.277 e. The minimum absolute atomic E-state index is 0.0117. The second kappa shape index (κ2) is 6.60. The molecule has 2 aromatic heterocycles. The van der Waals surface area contributed by atoms with Crippen LogP contribution in [0.2, 0.25) is 5.02 Å². The van der Waals surface area contributed by atoms with Crippen LogP contribution in [-0.2, 0) is 11.2 Å². The molecule has 0 unspecified atom stereocenters. The molecule has 8 heteroatoms. The first-order chi connectivity index (χ1) is 13.3. The van der Waals surface area contributed by atoms with Crippen molar-refractivity contribution in [3.05, 3.63) is 51.9 Å². The standard InChI is InChI=1S/C20H20ClN5O2/c1-10-7-12(3)26-19(22-10)17(21)18(24-26)20(28)23-15-5-6-16-14(9-15)8-11(2)25(16)13(4)27/h5-7,9,11H,8H2,1-4H3,(H,23,28)/t11-/m1/s1. The number of nitrogens with one attached hydrogen (secondary N) is 1. The molecule has 0 radical (unpaired) electrons. The number of nitrogens with zero attached hydrogens (tertiary/aromatic N) is 4. The number of carbonyl (C=O) groups is 2. The number of benzene rings is 1. The summed E-state index contributed by atoms with van der Waals surface area (Å²) in [6.07, 6.45) is 0.746. The summed E-state index contributed by atoms with van der Waals surface area (Å²) >= 11 is 6.38. The Hall–Kier alpha value is -2.93. The summed E-state index contributed by atoms with van der Waals surface area (Å²) < 4.78 is 1.57. The van der Waals surface area contributed by atoms with Crippen molar-refractivity contribution >= 4 is 40.4 Å². The third-order valence-electron chi connectivity index (χ3n) is 4.95. The van der Waals surface area contributed by atoms with Crippen molar-refractivity contribution in [3.63, 3.8) is 0 Å². The van der Waals surface area contributed by atoms with Gasteiger partial charge in [0, 0.05) is 35.7 Å². The molecule has 3 aromatic rings.